The van der Waals surface area contributed by atoms with Crippen LogP contribution in [0.15, 0.2) is 16.7 Å². The Kier molecular flexibility index (Phi) is 4.15. The summed E-state index contributed by atoms with van der Waals surface area (Å²) in [6.07, 6.45) is 4.54. The third-order valence-electron chi connectivity index (χ3n) is 3.44. The summed E-state index contributed by atoms with van der Waals surface area (Å²) >= 11 is 3.46. The summed E-state index contributed by atoms with van der Waals surface area (Å²) in [6, 6.07) is 2.23. The fraction of sp³-hybridized carbons (Fsp3) is 0.643. The van der Waals surface area contributed by atoms with E-state index in [1.165, 1.54) is 12.8 Å². The predicted octanol–water partition coefficient (Wildman–Crippen LogP) is 3.70. The average molecular weight is 313 g/mol. The van der Waals surface area contributed by atoms with Gasteiger partial charge in [-0.15, -0.1) is 0 Å². The number of hydrogen-bond acceptors (Lipinski definition) is 1. The van der Waals surface area contributed by atoms with Crippen molar-refractivity contribution in [2.75, 3.05) is 13.1 Å². The van der Waals surface area contributed by atoms with Crippen LogP contribution in [0.5, 0.6) is 0 Å². The molecule has 0 aliphatic heterocycles. The molecule has 100 valence electrons. The van der Waals surface area contributed by atoms with E-state index in [1.54, 1.807) is 0 Å². The number of aromatic nitrogens is 1. The molecular weight excluding hydrogens is 292 g/mol. The van der Waals surface area contributed by atoms with Crippen molar-refractivity contribution in [3.63, 3.8) is 0 Å². The molecule has 1 aromatic heterocycles. The average Bonchev–Trinajstić information content (AvgIpc) is 3.05. The van der Waals surface area contributed by atoms with E-state index in [4.69, 9.17) is 0 Å². The first-order valence-corrected chi connectivity index (χ1v) is 7.48. The maximum atomic E-state index is 12.6. The van der Waals surface area contributed by atoms with Crippen molar-refractivity contribution < 1.29 is 4.79 Å². The SMILES string of the molecule is CCN(CC1CC1)C(=O)c1cc(Br)cn1C(C)C. The first-order chi connectivity index (χ1) is 8.52. The lowest BCUT2D eigenvalue weighted by Crippen LogP contribution is -2.34. The number of carbonyl (C=O) groups excluding carboxylic acids is 1. The Morgan fingerprint density at radius 2 is 2.22 bits per heavy atom. The summed E-state index contributed by atoms with van der Waals surface area (Å²) in [5.41, 5.74) is 0.791. The molecule has 1 heterocycles. The van der Waals surface area contributed by atoms with Gasteiger partial charge in [-0.25, -0.2) is 0 Å². The molecule has 1 aliphatic rings. The summed E-state index contributed by atoms with van der Waals surface area (Å²) in [5, 5.41) is 0. The van der Waals surface area contributed by atoms with Crippen molar-refractivity contribution in [3.8, 4) is 0 Å². The summed E-state index contributed by atoms with van der Waals surface area (Å²) < 4.78 is 3.02. The van der Waals surface area contributed by atoms with Crippen LogP contribution in [-0.2, 0) is 0 Å². The largest absolute Gasteiger partial charge is 0.340 e. The smallest absolute Gasteiger partial charge is 0.270 e. The number of hydrogen-bond donors (Lipinski definition) is 0. The van der Waals surface area contributed by atoms with Crippen LogP contribution in [0.4, 0.5) is 0 Å². The van der Waals surface area contributed by atoms with Gasteiger partial charge in [-0.2, -0.15) is 0 Å². The zero-order chi connectivity index (χ0) is 13.3. The second-order valence-electron chi connectivity index (χ2n) is 5.33. The maximum absolute atomic E-state index is 12.6. The normalized spacial score (nSPS) is 15.2. The van der Waals surface area contributed by atoms with E-state index in [1.807, 2.05) is 21.7 Å². The van der Waals surface area contributed by atoms with Crippen molar-refractivity contribution >= 4 is 21.8 Å². The second-order valence-corrected chi connectivity index (χ2v) is 6.25. The Morgan fingerprint density at radius 3 is 2.72 bits per heavy atom. The van der Waals surface area contributed by atoms with Crippen LogP contribution in [0.25, 0.3) is 0 Å². The van der Waals surface area contributed by atoms with Crippen LogP contribution in [0, 0.1) is 5.92 Å². The molecule has 0 N–H and O–H groups in total. The molecule has 0 atom stereocenters. The molecule has 0 bridgehead atoms. The topological polar surface area (TPSA) is 25.2 Å². The molecule has 0 unspecified atom stereocenters. The molecule has 1 aromatic rings. The monoisotopic (exact) mass is 312 g/mol. The Bertz CT molecular complexity index is 435. The first kappa shape index (κ1) is 13.7. The van der Waals surface area contributed by atoms with Gasteiger partial charge in [-0.3, -0.25) is 4.79 Å². The molecule has 1 saturated carbocycles. The molecule has 2 rings (SSSR count). The third kappa shape index (κ3) is 2.97. The molecule has 1 amide bonds. The van der Waals surface area contributed by atoms with Gasteiger partial charge in [-0.1, -0.05) is 0 Å². The van der Waals surface area contributed by atoms with Crippen molar-refractivity contribution in [2.45, 2.75) is 39.7 Å². The van der Waals surface area contributed by atoms with Crippen LogP contribution in [0.1, 0.15) is 50.1 Å². The van der Waals surface area contributed by atoms with Crippen LogP contribution < -0.4 is 0 Å². The van der Waals surface area contributed by atoms with Gasteiger partial charge >= 0.3 is 0 Å². The lowest BCUT2D eigenvalue weighted by atomic mass is 10.3. The van der Waals surface area contributed by atoms with E-state index in [2.05, 4.69) is 36.7 Å². The molecule has 0 aromatic carbocycles. The second kappa shape index (κ2) is 5.47. The van der Waals surface area contributed by atoms with Crippen LogP contribution in [0.2, 0.25) is 0 Å². The van der Waals surface area contributed by atoms with E-state index in [9.17, 15) is 4.79 Å². The van der Waals surface area contributed by atoms with Crippen LogP contribution >= 0.6 is 15.9 Å². The van der Waals surface area contributed by atoms with E-state index in [-0.39, 0.29) is 5.91 Å². The molecule has 0 radical (unpaired) electrons. The lowest BCUT2D eigenvalue weighted by Gasteiger charge is -2.22. The lowest BCUT2D eigenvalue weighted by molar-refractivity contribution is 0.0744. The van der Waals surface area contributed by atoms with Crippen molar-refractivity contribution in [1.29, 1.82) is 0 Å². The van der Waals surface area contributed by atoms with Gasteiger partial charge in [0.2, 0.25) is 0 Å². The fourth-order valence-electron chi connectivity index (χ4n) is 2.17. The number of rotatable bonds is 5. The van der Waals surface area contributed by atoms with Gasteiger partial charge in [0.25, 0.3) is 5.91 Å². The van der Waals surface area contributed by atoms with Gasteiger partial charge < -0.3 is 9.47 Å². The molecule has 3 nitrogen and oxygen atoms in total. The highest BCUT2D eigenvalue weighted by atomic mass is 79.9. The molecule has 4 heteroatoms. The standard InChI is InChI=1S/C14H21BrN2O/c1-4-16(8-11-5-6-11)14(18)13-7-12(15)9-17(13)10(2)3/h7,9-11H,4-6,8H2,1-3H3. The number of amides is 1. The first-order valence-electron chi connectivity index (χ1n) is 6.69. The Morgan fingerprint density at radius 1 is 1.56 bits per heavy atom. The molecular formula is C14H21BrN2O. The maximum Gasteiger partial charge on any atom is 0.270 e. The van der Waals surface area contributed by atoms with Crippen LogP contribution in [0.3, 0.4) is 0 Å². The van der Waals surface area contributed by atoms with Gasteiger partial charge in [0, 0.05) is 29.8 Å². The van der Waals surface area contributed by atoms with Gasteiger partial charge in [-0.05, 0) is 61.5 Å². The number of nitrogens with zero attached hydrogens (tertiary/aromatic N) is 2. The van der Waals surface area contributed by atoms with Crippen LogP contribution in [-0.4, -0.2) is 28.5 Å². The summed E-state index contributed by atoms with van der Waals surface area (Å²) in [5.74, 6) is 0.892. The summed E-state index contributed by atoms with van der Waals surface area (Å²) in [7, 11) is 0. The molecule has 1 aliphatic carbocycles. The Hall–Kier alpha value is -0.770. The highest BCUT2D eigenvalue weighted by molar-refractivity contribution is 9.10. The van der Waals surface area contributed by atoms with Gasteiger partial charge in [0.05, 0.1) is 0 Å². The minimum absolute atomic E-state index is 0.156. The van der Waals surface area contributed by atoms with E-state index >= 15 is 0 Å². The molecule has 0 saturated heterocycles. The zero-order valence-corrected chi connectivity index (χ0v) is 12.9. The van der Waals surface area contributed by atoms with Crippen molar-refractivity contribution in [1.82, 2.24) is 9.47 Å². The number of carbonyl (C=O) groups is 1. The van der Waals surface area contributed by atoms with E-state index in [0.29, 0.717) is 6.04 Å². The summed E-state index contributed by atoms with van der Waals surface area (Å²) in [6.45, 7) is 7.95. The highest BCUT2D eigenvalue weighted by Crippen LogP contribution is 2.30. The minimum atomic E-state index is 0.156. The Labute approximate surface area is 117 Å². The quantitative estimate of drug-likeness (QED) is 0.813. The molecule has 18 heavy (non-hydrogen) atoms. The fourth-order valence-corrected chi connectivity index (χ4v) is 2.61. The predicted molar refractivity (Wildman–Crippen MR) is 76.8 cm³/mol. The van der Waals surface area contributed by atoms with E-state index in [0.717, 1.165) is 29.2 Å². The van der Waals surface area contributed by atoms with Gasteiger partial charge in [0.15, 0.2) is 0 Å². The molecule has 0 spiro atoms. The zero-order valence-electron chi connectivity index (χ0n) is 11.3. The van der Waals surface area contributed by atoms with Gasteiger partial charge in [0.1, 0.15) is 5.69 Å². The van der Waals surface area contributed by atoms with E-state index < -0.39 is 0 Å². The van der Waals surface area contributed by atoms with Crippen molar-refractivity contribution in [3.05, 3.63) is 22.4 Å². The minimum Gasteiger partial charge on any atom is -0.340 e. The Balaban J connectivity index is 2.19. The number of halogens is 1. The molecule has 1 fully saturated rings. The van der Waals surface area contributed by atoms with Crippen molar-refractivity contribution in [2.24, 2.45) is 5.92 Å². The highest BCUT2D eigenvalue weighted by Gasteiger charge is 2.28. The third-order valence-corrected chi connectivity index (χ3v) is 3.87. The summed E-state index contributed by atoms with van der Waals surface area (Å²) in [4.78, 5) is 14.5.